The summed E-state index contributed by atoms with van der Waals surface area (Å²) in [6.07, 6.45) is -0.794. The first-order valence-electron chi connectivity index (χ1n) is 8.85. The highest BCUT2D eigenvalue weighted by Gasteiger charge is 2.66. The minimum Gasteiger partial charge on any atom is -0.498 e. The van der Waals surface area contributed by atoms with Crippen LogP contribution in [0.15, 0.2) is 30.3 Å². The van der Waals surface area contributed by atoms with Gasteiger partial charge in [0.25, 0.3) is 12.2 Å². The number of nitrogens with zero attached hydrogens (tertiary/aromatic N) is 2. The van der Waals surface area contributed by atoms with Crippen molar-refractivity contribution in [2.24, 2.45) is 0 Å². The number of rotatable bonds is 2. The SMILES string of the molecule is CC(C)(C)[N+]1(C(=O)[O-])C2CCC1C[N+](Cc1ccccc1)(C(=O)[O-])C2. The smallest absolute Gasteiger partial charge is 0.258 e. The van der Waals surface area contributed by atoms with E-state index in [4.69, 9.17) is 0 Å². The molecule has 2 aliphatic heterocycles. The number of quaternary nitrogens is 2. The zero-order valence-electron chi connectivity index (χ0n) is 15.1. The fourth-order valence-electron chi connectivity index (χ4n) is 5.35. The van der Waals surface area contributed by atoms with Crippen LogP contribution in [0.4, 0.5) is 9.59 Å². The van der Waals surface area contributed by atoms with E-state index in [-0.39, 0.29) is 34.1 Å². The van der Waals surface area contributed by atoms with Crippen molar-refractivity contribution in [1.29, 1.82) is 0 Å². The van der Waals surface area contributed by atoms with Gasteiger partial charge in [-0.3, -0.25) is 8.97 Å². The molecule has 3 rings (SSSR count). The van der Waals surface area contributed by atoms with Crippen LogP contribution >= 0.6 is 0 Å². The average Bonchev–Trinajstić information content (AvgIpc) is 2.75. The molecule has 2 unspecified atom stereocenters. The summed E-state index contributed by atoms with van der Waals surface area (Å²) in [6.45, 7) is 6.57. The van der Waals surface area contributed by atoms with E-state index in [2.05, 4.69) is 0 Å². The second-order valence-electron chi connectivity index (χ2n) is 8.52. The number of likely N-dealkylation sites (tertiary alicyclic amines) is 1. The Morgan fingerprint density at radius 2 is 1.52 bits per heavy atom. The van der Waals surface area contributed by atoms with Crippen LogP contribution in [0.5, 0.6) is 0 Å². The lowest BCUT2D eigenvalue weighted by Gasteiger charge is -2.58. The van der Waals surface area contributed by atoms with Crippen LogP contribution in [0.3, 0.4) is 0 Å². The van der Waals surface area contributed by atoms with Gasteiger partial charge in [0.15, 0.2) is 0 Å². The molecular formula is C19H26N2O4. The van der Waals surface area contributed by atoms with Gasteiger partial charge in [-0.25, -0.2) is 0 Å². The first kappa shape index (κ1) is 17.9. The standard InChI is InChI=1S/C19H26N2O4/c1-19(2,3)21(18(24)25)15-9-10-16(21)13-20(12-15,17(22)23)11-14-7-5-4-6-8-14/h4-8,15-16H,9-13H2,1-3H3. The van der Waals surface area contributed by atoms with Crippen LogP contribution in [-0.4, -0.2) is 51.9 Å². The van der Waals surface area contributed by atoms with Gasteiger partial charge in [-0.05, 0) is 20.8 Å². The van der Waals surface area contributed by atoms with Crippen molar-refractivity contribution in [2.45, 2.75) is 57.8 Å². The summed E-state index contributed by atoms with van der Waals surface area (Å²) in [6, 6.07) is 8.93. The summed E-state index contributed by atoms with van der Waals surface area (Å²) in [7, 11) is 0. The van der Waals surface area contributed by atoms with Gasteiger partial charge in [0, 0.05) is 18.4 Å². The van der Waals surface area contributed by atoms with Gasteiger partial charge in [-0.1, -0.05) is 30.3 Å². The monoisotopic (exact) mass is 346 g/mol. The molecule has 1 aromatic rings. The molecule has 25 heavy (non-hydrogen) atoms. The Labute approximate surface area is 148 Å². The quantitative estimate of drug-likeness (QED) is 0.744. The molecule has 2 bridgehead atoms. The van der Waals surface area contributed by atoms with Crippen LogP contribution in [0.1, 0.15) is 39.2 Å². The number of fused-ring (bicyclic) bond motifs is 2. The van der Waals surface area contributed by atoms with Crippen molar-refractivity contribution in [3.63, 3.8) is 0 Å². The maximum atomic E-state index is 12.2. The Hall–Kier alpha value is -1.92. The fourth-order valence-corrected chi connectivity index (χ4v) is 5.35. The number of carboxylic acid groups (broad SMARTS) is 2. The normalized spacial score (nSPS) is 34.7. The predicted octanol–water partition coefficient (Wildman–Crippen LogP) is 0.850. The lowest BCUT2D eigenvalue weighted by Crippen LogP contribution is -2.82. The molecule has 0 radical (unpaired) electrons. The minimum atomic E-state index is -1.12. The van der Waals surface area contributed by atoms with Crippen LogP contribution in [0, 0.1) is 0 Å². The summed E-state index contributed by atoms with van der Waals surface area (Å²) in [4.78, 5) is 24.3. The summed E-state index contributed by atoms with van der Waals surface area (Å²) >= 11 is 0. The zero-order valence-corrected chi connectivity index (χ0v) is 15.1. The van der Waals surface area contributed by atoms with Crippen molar-refractivity contribution in [3.8, 4) is 0 Å². The summed E-state index contributed by atoms with van der Waals surface area (Å²) in [5, 5.41) is 24.3. The van der Waals surface area contributed by atoms with Crippen molar-refractivity contribution in [3.05, 3.63) is 35.9 Å². The molecule has 2 heterocycles. The third-order valence-electron chi connectivity index (χ3n) is 6.23. The minimum absolute atomic E-state index is 0.144. The Morgan fingerprint density at radius 3 is 1.92 bits per heavy atom. The van der Waals surface area contributed by atoms with Crippen LogP contribution in [0.2, 0.25) is 0 Å². The van der Waals surface area contributed by atoms with E-state index in [1.165, 1.54) is 0 Å². The Balaban J connectivity index is 2.01. The average molecular weight is 346 g/mol. The molecule has 136 valence electrons. The maximum Gasteiger partial charge on any atom is 0.258 e. The maximum absolute atomic E-state index is 12.2. The third kappa shape index (κ3) is 2.55. The van der Waals surface area contributed by atoms with Gasteiger partial charge in [-0.2, -0.15) is 0 Å². The van der Waals surface area contributed by atoms with Crippen LogP contribution in [0.25, 0.3) is 0 Å². The van der Waals surface area contributed by atoms with E-state index in [1.54, 1.807) is 0 Å². The van der Waals surface area contributed by atoms with E-state index in [0.717, 1.165) is 5.56 Å². The number of amides is 2. The van der Waals surface area contributed by atoms with Crippen LogP contribution < -0.4 is 10.2 Å². The van der Waals surface area contributed by atoms with E-state index >= 15 is 0 Å². The van der Waals surface area contributed by atoms with Gasteiger partial charge in [0.1, 0.15) is 31.7 Å². The van der Waals surface area contributed by atoms with Crippen molar-refractivity contribution >= 4 is 12.2 Å². The van der Waals surface area contributed by atoms with E-state index in [0.29, 0.717) is 19.4 Å². The molecule has 2 aliphatic rings. The van der Waals surface area contributed by atoms with Gasteiger partial charge in [0.05, 0.1) is 5.54 Å². The first-order chi connectivity index (χ1) is 11.6. The molecule has 0 aromatic heterocycles. The summed E-state index contributed by atoms with van der Waals surface area (Å²) in [5.41, 5.74) is 0.384. The van der Waals surface area contributed by atoms with E-state index in [1.807, 2.05) is 51.1 Å². The van der Waals surface area contributed by atoms with Gasteiger partial charge < -0.3 is 19.8 Å². The lowest BCUT2D eigenvalue weighted by molar-refractivity contribution is -1.03. The largest absolute Gasteiger partial charge is 0.498 e. The molecule has 6 nitrogen and oxygen atoms in total. The molecule has 0 N–H and O–H groups in total. The van der Waals surface area contributed by atoms with Crippen molar-refractivity contribution in [1.82, 2.24) is 0 Å². The van der Waals surface area contributed by atoms with Gasteiger partial charge in [0.2, 0.25) is 0 Å². The molecular weight excluding hydrogens is 320 g/mol. The zero-order chi connectivity index (χ0) is 18.5. The molecule has 2 fully saturated rings. The second-order valence-corrected chi connectivity index (χ2v) is 8.52. The number of hydrogen-bond donors (Lipinski definition) is 0. The van der Waals surface area contributed by atoms with Crippen molar-refractivity contribution in [2.75, 3.05) is 13.1 Å². The Bertz CT molecular complexity index is 666. The van der Waals surface area contributed by atoms with Crippen molar-refractivity contribution < 1.29 is 28.8 Å². The molecule has 0 aliphatic carbocycles. The van der Waals surface area contributed by atoms with E-state index < -0.39 is 17.7 Å². The number of carbonyl (C=O) groups excluding carboxylic acids is 2. The molecule has 2 amide bonds. The van der Waals surface area contributed by atoms with Gasteiger partial charge >= 0.3 is 0 Å². The lowest BCUT2D eigenvalue weighted by atomic mass is 9.93. The second kappa shape index (κ2) is 5.81. The topological polar surface area (TPSA) is 80.3 Å². The van der Waals surface area contributed by atoms with E-state index in [9.17, 15) is 19.8 Å². The molecule has 6 heteroatoms. The Morgan fingerprint density at radius 1 is 1.00 bits per heavy atom. The Kier molecular flexibility index (Phi) is 4.16. The number of hydrogen-bond acceptors (Lipinski definition) is 4. The molecule has 0 spiro atoms. The molecule has 0 saturated carbocycles. The number of benzene rings is 1. The fraction of sp³-hybridized carbons (Fsp3) is 0.579. The first-order valence-corrected chi connectivity index (χ1v) is 8.85. The third-order valence-corrected chi connectivity index (χ3v) is 6.23. The highest BCUT2D eigenvalue weighted by molar-refractivity contribution is 5.57. The molecule has 1 aromatic carbocycles. The predicted molar refractivity (Wildman–Crippen MR) is 87.8 cm³/mol. The number of piperazine rings is 1. The molecule has 2 atom stereocenters. The van der Waals surface area contributed by atoms with Gasteiger partial charge in [-0.15, -0.1) is 0 Å². The van der Waals surface area contributed by atoms with Crippen LogP contribution in [-0.2, 0) is 6.54 Å². The number of carbonyl (C=O) groups is 2. The molecule has 2 saturated heterocycles. The highest BCUT2D eigenvalue weighted by atomic mass is 16.4. The summed E-state index contributed by atoms with van der Waals surface area (Å²) < 4.78 is -0.349. The highest BCUT2D eigenvalue weighted by Crippen LogP contribution is 2.46. The summed E-state index contributed by atoms with van der Waals surface area (Å²) in [5.74, 6) is 0.